The Labute approximate surface area is 165 Å². The summed E-state index contributed by atoms with van der Waals surface area (Å²) in [6.45, 7) is 7.51. The monoisotopic (exact) mass is 477 g/mol. The van der Waals surface area contributed by atoms with Crippen molar-refractivity contribution < 1.29 is 19.1 Å². The molecule has 7 heteroatoms. The van der Waals surface area contributed by atoms with Gasteiger partial charge in [-0.1, -0.05) is 45.7 Å². The summed E-state index contributed by atoms with van der Waals surface area (Å²) in [5.74, 6) is -0.938. The molecule has 1 heterocycles. The van der Waals surface area contributed by atoms with Gasteiger partial charge in [-0.25, -0.2) is 4.79 Å². The van der Waals surface area contributed by atoms with E-state index in [0.717, 1.165) is 6.42 Å². The molecular formula is C18H25Br2NO4. The Hall–Kier alpha value is -0.430. The summed E-state index contributed by atoms with van der Waals surface area (Å²) in [6, 6.07) is -0.810. The standard InChI is InChI=1S/C18H25Br2NO4/c1-7(2)5-11(18(24)25-8(3)4)21-16(22)12-9-6-10(13(12)17(21)23)15(20)14(9)19/h7-15H,5-6H2,1-4H3/t9-,10-,11-,12-,13+,14+,15+/m1/s1. The zero-order valence-corrected chi connectivity index (χ0v) is 18.1. The number of carbonyl (C=O) groups is 3. The molecule has 2 bridgehead atoms. The zero-order valence-electron chi connectivity index (χ0n) is 14.9. The van der Waals surface area contributed by atoms with Crippen LogP contribution in [0.2, 0.25) is 0 Å². The van der Waals surface area contributed by atoms with E-state index in [1.165, 1.54) is 4.90 Å². The third-order valence-corrected chi connectivity index (χ3v) is 8.86. The molecule has 0 aromatic carbocycles. The number of carbonyl (C=O) groups excluding carboxylic acids is 3. The van der Waals surface area contributed by atoms with Crippen LogP contribution in [0.4, 0.5) is 0 Å². The third-order valence-electron chi connectivity index (χ3n) is 5.65. The highest BCUT2D eigenvalue weighted by molar-refractivity contribution is 9.12. The predicted octanol–water partition coefficient (Wildman–Crippen LogP) is 3.13. The van der Waals surface area contributed by atoms with Crippen LogP contribution < -0.4 is 0 Å². The number of amides is 2. The summed E-state index contributed by atoms with van der Waals surface area (Å²) in [4.78, 5) is 40.5. The number of esters is 1. The van der Waals surface area contributed by atoms with Crippen LogP contribution in [0.15, 0.2) is 0 Å². The Morgan fingerprint density at radius 3 is 1.96 bits per heavy atom. The lowest BCUT2D eigenvalue weighted by Crippen LogP contribution is -2.48. The lowest BCUT2D eigenvalue weighted by molar-refractivity contribution is -0.162. The molecular weight excluding hydrogens is 454 g/mol. The van der Waals surface area contributed by atoms with Crippen LogP contribution in [0.25, 0.3) is 0 Å². The molecule has 140 valence electrons. The Morgan fingerprint density at radius 1 is 1.08 bits per heavy atom. The van der Waals surface area contributed by atoms with Gasteiger partial charge in [0.1, 0.15) is 6.04 Å². The normalized spacial score (nSPS) is 38.0. The first-order valence-electron chi connectivity index (χ1n) is 9.00. The second-order valence-corrected chi connectivity index (χ2v) is 10.3. The second kappa shape index (κ2) is 6.95. The summed E-state index contributed by atoms with van der Waals surface area (Å²) in [5, 5.41) is 0. The predicted molar refractivity (Wildman–Crippen MR) is 100 cm³/mol. The van der Waals surface area contributed by atoms with Crippen LogP contribution in [0.5, 0.6) is 0 Å². The number of hydrogen-bond donors (Lipinski definition) is 0. The minimum absolute atomic E-state index is 0.154. The molecule has 1 aliphatic heterocycles. The summed E-state index contributed by atoms with van der Waals surface area (Å²) in [5.41, 5.74) is 0. The molecule has 0 unspecified atom stereocenters. The zero-order chi connectivity index (χ0) is 18.6. The van der Waals surface area contributed by atoms with Gasteiger partial charge < -0.3 is 4.74 Å². The van der Waals surface area contributed by atoms with Gasteiger partial charge in [0.15, 0.2) is 0 Å². The van der Waals surface area contributed by atoms with Crippen LogP contribution in [-0.4, -0.2) is 44.5 Å². The van der Waals surface area contributed by atoms with E-state index in [1.54, 1.807) is 13.8 Å². The number of nitrogens with zero attached hydrogens (tertiary/aromatic N) is 1. The highest BCUT2D eigenvalue weighted by atomic mass is 79.9. The number of rotatable bonds is 5. The highest BCUT2D eigenvalue weighted by Crippen LogP contribution is 2.60. The molecule has 2 amide bonds. The molecule has 2 aliphatic carbocycles. The van der Waals surface area contributed by atoms with Crippen molar-refractivity contribution in [2.45, 2.75) is 62.3 Å². The van der Waals surface area contributed by atoms with Crippen molar-refractivity contribution in [1.82, 2.24) is 4.90 Å². The summed E-state index contributed by atoms with van der Waals surface area (Å²) < 4.78 is 5.35. The molecule has 5 nitrogen and oxygen atoms in total. The van der Waals surface area contributed by atoms with Gasteiger partial charge in [-0.3, -0.25) is 14.5 Å². The largest absolute Gasteiger partial charge is 0.461 e. The first-order chi connectivity index (χ1) is 11.6. The molecule has 7 atom stereocenters. The van der Waals surface area contributed by atoms with Crippen molar-refractivity contribution in [3.8, 4) is 0 Å². The fraction of sp³-hybridized carbons (Fsp3) is 0.833. The van der Waals surface area contributed by atoms with Crippen molar-refractivity contribution in [3.05, 3.63) is 0 Å². The van der Waals surface area contributed by atoms with Crippen molar-refractivity contribution in [2.24, 2.45) is 29.6 Å². The lowest BCUT2D eigenvalue weighted by atomic mass is 9.81. The van der Waals surface area contributed by atoms with Crippen LogP contribution in [0.1, 0.15) is 40.5 Å². The van der Waals surface area contributed by atoms with E-state index in [9.17, 15) is 14.4 Å². The van der Waals surface area contributed by atoms with E-state index in [0.29, 0.717) is 6.42 Å². The van der Waals surface area contributed by atoms with Gasteiger partial charge >= 0.3 is 5.97 Å². The average molecular weight is 479 g/mol. The van der Waals surface area contributed by atoms with Crippen molar-refractivity contribution in [2.75, 3.05) is 0 Å². The highest BCUT2D eigenvalue weighted by Gasteiger charge is 2.67. The summed E-state index contributed by atoms with van der Waals surface area (Å²) >= 11 is 7.37. The topological polar surface area (TPSA) is 63.7 Å². The minimum Gasteiger partial charge on any atom is -0.461 e. The quantitative estimate of drug-likeness (QED) is 0.346. The first kappa shape index (κ1) is 19.3. The fourth-order valence-electron chi connectivity index (χ4n) is 4.74. The number of fused-ring (bicyclic) bond motifs is 5. The van der Waals surface area contributed by atoms with Crippen molar-refractivity contribution in [1.29, 1.82) is 0 Å². The molecule has 0 N–H and O–H groups in total. The minimum atomic E-state index is -0.810. The maximum atomic E-state index is 13.1. The number of ether oxygens (including phenoxy) is 1. The first-order valence-corrected chi connectivity index (χ1v) is 10.8. The molecule has 0 radical (unpaired) electrons. The molecule has 0 aromatic heterocycles. The molecule has 0 spiro atoms. The van der Waals surface area contributed by atoms with E-state index in [1.807, 2.05) is 13.8 Å². The second-order valence-electron chi connectivity index (χ2n) is 8.18. The molecule has 25 heavy (non-hydrogen) atoms. The Morgan fingerprint density at radius 2 is 1.56 bits per heavy atom. The summed E-state index contributed by atoms with van der Waals surface area (Å²) in [7, 11) is 0. The van der Waals surface area contributed by atoms with Crippen LogP contribution in [0.3, 0.4) is 0 Å². The number of likely N-dealkylation sites (tertiary alicyclic amines) is 1. The molecule has 2 saturated carbocycles. The van der Waals surface area contributed by atoms with Crippen molar-refractivity contribution >= 4 is 49.6 Å². The average Bonchev–Trinajstić information content (AvgIpc) is 3.09. The van der Waals surface area contributed by atoms with E-state index >= 15 is 0 Å². The van der Waals surface area contributed by atoms with Crippen LogP contribution in [-0.2, 0) is 19.1 Å². The van der Waals surface area contributed by atoms with Gasteiger partial charge in [0.25, 0.3) is 0 Å². The van der Waals surface area contributed by atoms with E-state index in [4.69, 9.17) is 4.74 Å². The summed E-state index contributed by atoms with van der Waals surface area (Å²) in [6.07, 6.45) is 1.05. The molecule has 1 saturated heterocycles. The fourth-order valence-corrected chi connectivity index (χ4v) is 6.62. The molecule has 3 fully saturated rings. The maximum absolute atomic E-state index is 13.1. The smallest absolute Gasteiger partial charge is 0.329 e. The number of imide groups is 1. The maximum Gasteiger partial charge on any atom is 0.329 e. The Kier molecular flexibility index (Phi) is 5.37. The Bertz CT molecular complexity index is 562. The van der Waals surface area contributed by atoms with Crippen molar-refractivity contribution in [3.63, 3.8) is 0 Å². The van der Waals surface area contributed by atoms with Gasteiger partial charge in [-0.2, -0.15) is 0 Å². The van der Waals surface area contributed by atoms with Gasteiger partial charge in [-0.15, -0.1) is 0 Å². The van der Waals surface area contributed by atoms with Gasteiger partial charge in [0.05, 0.1) is 17.9 Å². The Balaban J connectivity index is 1.89. The SMILES string of the molecule is CC(C)C[C@H](C(=O)OC(C)C)N1C(=O)[C@@H]2[C@H]3C[C@@H]([C@H](Br)[C@H]3Br)[C@@H]2C1=O. The van der Waals surface area contributed by atoms with E-state index in [-0.39, 0.29) is 57.2 Å². The number of hydrogen-bond acceptors (Lipinski definition) is 4. The van der Waals surface area contributed by atoms with Gasteiger partial charge in [0.2, 0.25) is 11.8 Å². The van der Waals surface area contributed by atoms with E-state index in [2.05, 4.69) is 31.9 Å². The number of halogens is 2. The van der Waals surface area contributed by atoms with Crippen LogP contribution >= 0.6 is 31.9 Å². The third kappa shape index (κ3) is 3.09. The number of alkyl halides is 2. The van der Waals surface area contributed by atoms with Gasteiger partial charge in [-0.05, 0) is 44.4 Å². The van der Waals surface area contributed by atoms with Crippen LogP contribution in [0, 0.1) is 29.6 Å². The lowest BCUT2D eigenvalue weighted by Gasteiger charge is -2.28. The van der Waals surface area contributed by atoms with Gasteiger partial charge in [0, 0.05) is 9.65 Å². The van der Waals surface area contributed by atoms with E-state index < -0.39 is 12.0 Å². The molecule has 3 aliphatic rings. The molecule has 3 rings (SSSR count). The molecule has 0 aromatic rings.